The second kappa shape index (κ2) is 44.6. The molecule has 8 aliphatic rings. The molecule has 0 bridgehead atoms. The van der Waals surface area contributed by atoms with E-state index in [2.05, 4.69) is 163 Å². The van der Waals surface area contributed by atoms with Crippen LogP contribution in [0, 0.1) is 21.7 Å². The molecule has 146 heavy (non-hydrogen) atoms. The fourth-order valence-corrected chi connectivity index (χ4v) is 26.4. The number of likely N-dealkylation sites (tertiary alicyclic amines) is 2. The summed E-state index contributed by atoms with van der Waals surface area (Å²) >= 11 is 25.6. The molecule has 0 unspecified atom stereocenters. The van der Waals surface area contributed by atoms with Gasteiger partial charge in [0, 0.05) is 117 Å². The van der Waals surface area contributed by atoms with Crippen molar-refractivity contribution in [3.8, 4) is 23.0 Å². The normalized spacial score (nSPS) is 19.3. The molecule has 4 spiro atoms. The molecule has 10 N–H and O–H groups in total. The van der Waals surface area contributed by atoms with Crippen LogP contribution in [0.1, 0.15) is 93.6 Å². The van der Waals surface area contributed by atoms with E-state index in [0.29, 0.717) is 130 Å². The molecule has 20 rings (SSSR count). The molecule has 770 valence electrons. The summed E-state index contributed by atoms with van der Waals surface area (Å²) < 4.78 is 73.7. The maximum absolute atomic E-state index is 12.8. The number of carbonyl (C=O) groups excluding carboxylic acids is 1. The van der Waals surface area contributed by atoms with Crippen molar-refractivity contribution in [2.75, 3.05) is 220 Å². The number of hydrogen-bond acceptors (Lipinski definition) is 30. The zero-order valence-electron chi connectivity index (χ0n) is 85.0. The topological polar surface area (TPSA) is 359 Å². The average molecular weight is 2130 g/mol. The van der Waals surface area contributed by atoms with Crippen LogP contribution in [-0.2, 0) is 23.1 Å². The van der Waals surface area contributed by atoms with Crippen LogP contribution in [0.2, 0.25) is 20.1 Å². The fourth-order valence-electron chi connectivity index (χ4n) is 21.2. The van der Waals surface area contributed by atoms with Crippen molar-refractivity contribution in [3.63, 3.8) is 0 Å². The number of rotatable bonds is 28. The van der Waals surface area contributed by atoms with Crippen LogP contribution in [-0.4, -0.2) is 223 Å². The summed E-state index contributed by atoms with van der Waals surface area (Å²) in [6.45, 7) is 25.9. The second-order valence-corrected chi connectivity index (χ2v) is 55.7. The van der Waals surface area contributed by atoms with Gasteiger partial charge >= 0.3 is 0 Å². The molecular formula is C107H130Cl4N22O9P4. The second-order valence-electron chi connectivity index (χ2n) is 41.4. The third kappa shape index (κ3) is 25.1. The minimum Gasteiger partial charge on any atom is -0.495 e. The van der Waals surface area contributed by atoms with E-state index in [4.69, 9.17) is 65.4 Å². The SMILES string of the molecule is COc1cc(N2CCC3(CC2)CNC3)ccc1Nc1ncc(Cl)c(Nc2ccccc2P(C)(C)=O)n1.COc1cc(N2CCC3(CCNC3)CC2)ccc1Nc1ncc(Cl)c(Nc2ccccc2P(C)(C)=O)n1.COc1ccc(C2CC3(CC(=O)N(C)C3)C2)cc1Nc1ncc(Cl)c(Nc2ccccc2P(C)(C)=O)n1.COc1ccc(C2CC3(CCN(C)C3)C2)cc1Nc1ncc(Cl)c(Nc2ccccc2P(C)(C)=O)n1. The number of halogens is 4. The third-order valence-electron chi connectivity index (χ3n) is 29.3. The largest absolute Gasteiger partial charge is 0.495 e. The number of amides is 1. The summed E-state index contributed by atoms with van der Waals surface area (Å²) in [5, 5.41) is 37.4. The van der Waals surface area contributed by atoms with Gasteiger partial charge in [-0.1, -0.05) is 107 Å². The molecule has 6 aliphatic heterocycles. The first kappa shape index (κ1) is 106. The van der Waals surface area contributed by atoms with Gasteiger partial charge in [-0.25, -0.2) is 19.9 Å². The number of carbonyl (C=O) groups is 1. The Morgan fingerprint density at radius 3 is 0.979 bits per heavy atom. The van der Waals surface area contributed by atoms with Gasteiger partial charge in [-0.2, -0.15) is 19.9 Å². The molecule has 0 atom stereocenters. The Bertz CT molecular complexity index is 6970. The zero-order valence-corrected chi connectivity index (χ0v) is 91.6. The minimum atomic E-state index is -2.52. The van der Waals surface area contributed by atoms with Crippen LogP contribution in [0.5, 0.6) is 23.0 Å². The Morgan fingerprint density at radius 1 is 0.349 bits per heavy atom. The smallest absolute Gasteiger partial charge is 0.229 e. The molecule has 1 amide bonds. The molecule has 4 aromatic heterocycles. The van der Waals surface area contributed by atoms with Crippen LogP contribution in [0.4, 0.5) is 104 Å². The number of nitrogens with one attached hydrogen (secondary N) is 10. The molecule has 31 nitrogen and oxygen atoms in total. The Balaban J connectivity index is 0.000000133. The first-order chi connectivity index (χ1) is 69.7. The minimum absolute atomic E-state index is 0.112. The van der Waals surface area contributed by atoms with Crippen molar-refractivity contribution in [1.82, 2.24) is 60.3 Å². The monoisotopic (exact) mass is 2130 g/mol. The Kier molecular flexibility index (Phi) is 32.4. The molecule has 8 aromatic carbocycles. The van der Waals surface area contributed by atoms with Gasteiger partial charge in [0.1, 0.15) is 71.7 Å². The Labute approximate surface area is 875 Å². The highest BCUT2D eigenvalue weighted by Crippen LogP contribution is 2.59. The lowest BCUT2D eigenvalue weighted by Crippen LogP contribution is -2.58. The average Bonchev–Trinajstić information content (AvgIpc) is 1.58. The number of aromatic nitrogens is 8. The van der Waals surface area contributed by atoms with E-state index < -0.39 is 28.6 Å². The molecule has 12 aromatic rings. The van der Waals surface area contributed by atoms with Crippen LogP contribution in [0.3, 0.4) is 0 Å². The number of hydrogen-bond donors (Lipinski definition) is 10. The lowest BCUT2D eigenvalue weighted by atomic mass is 9.59. The van der Waals surface area contributed by atoms with E-state index in [9.17, 15) is 23.1 Å². The molecule has 0 radical (unpaired) electrons. The molecular weight excluding hydrogens is 2000 g/mol. The van der Waals surface area contributed by atoms with Crippen molar-refractivity contribution in [2.45, 2.75) is 82.5 Å². The summed E-state index contributed by atoms with van der Waals surface area (Å²) in [4.78, 5) is 57.0. The molecule has 8 fully saturated rings. The lowest BCUT2D eigenvalue weighted by molar-refractivity contribution is -0.126. The van der Waals surface area contributed by atoms with Gasteiger partial charge in [0.05, 0.1) is 98.7 Å². The molecule has 10 heterocycles. The van der Waals surface area contributed by atoms with E-state index in [0.717, 1.165) is 144 Å². The summed E-state index contributed by atoms with van der Waals surface area (Å²) in [5.74, 6) is 7.23. The number of para-hydroxylation sites is 4. The standard InChI is InChI=1S/C27H34ClN6O2P.C27H31ClN5O3P.C27H33ClN5O2P.C26H32ClN6O2P/c1-36-23-16-19(34-14-11-27(12-15-34)10-13-29-18-27)8-9-21(23)32-26-30-17-20(28)25(33-26)31-22-6-4-5-7-24(22)37(2,3)35;1-33-16-27(14-24(33)34)12-18(13-27)17-9-10-22(36-2)21(11-17)31-26-29-15-19(28)25(32-26)30-20-7-5-6-8-23(20)37(3,4)35;1-33-12-11-27(17-33)14-19(15-27)18-9-10-23(35-2)22(13-18)31-26-29-16-20(28)25(32-26)30-21-7-5-6-8-24(21)36(3,4)34;1-35-22-14-18(33-12-10-26(11-13-33)16-28-17-26)8-9-20(22)31-25-29-15-19(27)24(32-25)30-21-6-4-5-7-23(21)36(2,3)34/h4-9,16-17,29H,10-15,18H2,1-3H3,(H2,30,31,32,33);5-11,15,18H,12-14,16H2,1-4H3,(H2,29,30,31,32);5-10,13,16,19H,11-12,14-15,17H2,1-4H3,(H2,29,30,31,32);4-9,14-15,28H,10-13,16-17H2,1-3H3,(H2,29,30,31,32). The maximum atomic E-state index is 12.8. The molecule has 2 saturated carbocycles. The van der Waals surface area contributed by atoms with E-state index in [1.807, 2.05) is 133 Å². The van der Waals surface area contributed by atoms with Crippen molar-refractivity contribution in [1.29, 1.82) is 0 Å². The number of anilines is 18. The molecule has 39 heteroatoms. The molecule has 6 saturated heterocycles. The highest BCUT2D eigenvalue weighted by molar-refractivity contribution is 7.71. The van der Waals surface area contributed by atoms with E-state index in [1.54, 1.807) is 100 Å². The van der Waals surface area contributed by atoms with Gasteiger partial charge in [0.25, 0.3) is 0 Å². The first-order valence-corrected chi connectivity index (χ1v) is 61.1. The predicted octanol–water partition coefficient (Wildman–Crippen LogP) is 22.2. The zero-order chi connectivity index (χ0) is 103. The highest BCUT2D eigenvalue weighted by Gasteiger charge is 2.52. The van der Waals surface area contributed by atoms with Crippen LogP contribution >= 0.6 is 75.0 Å². The summed E-state index contributed by atoms with van der Waals surface area (Å²) in [6, 6.07) is 54.7. The van der Waals surface area contributed by atoms with Gasteiger partial charge in [-0.3, -0.25) is 4.79 Å². The summed E-state index contributed by atoms with van der Waals surface area (Å²) in [7, 11) is 0.709. The van der Waals surface area contributed by atoms with Crippen molar-refractivity contribution in [3.05, 3.63) is 226 Å². The fraction of sp³-hybridized carbons (Fsp3) is 0.393. The van der Waals surface area contributed by atoms with E-state index >= 15 is 0 Å². The van der Waals surface area contributed by atoms with Crippen LogP contribution < -0.4 is 103 Å². The van der Waals surface area contributed by atoms with Crippen molar-refractivity contribution < 1.29 is 42.0 Å². The third-order valence-corrected chi connectivity index (χ3v) is 36.6. The van der Waals surface area contributed by atoms with Gasteiger partial charge < -0.3 is 110 Å². The lowest BCUT2D eigenvalue weighted by Gasteiger charge is -2.49. The quantitative estimate of drug-likeness (QED) is 0.0204. The Hall–Kier alpha value is -11.3. The van der Waals surface area contributed by atoms with Crippen LogP contribution in [0.15, 0.2) is 195 Å². The van der Waals surface area contributed by atoms with Gasteiger partial charge in [0.2, 0.25) is 29.7 Å². The van der Waals surface area contributed by atoms with Crippen molar-refractivity contribution >= 4 is 206 Å². The van der Waals surface area contributed by atoms with Gasteiger partial charge in [0.15, 0.2) is 23.3 Å². The number of benzene rings is 8. The van der Waals surface area contributed by atoms with Crippen LogP contribution in [0.25, 0.3) is 0 Å². The predicted molar refractivity (Wildman–Crippen MR) is 600 cm³/mol. The summed E-state index contributed by atoms with van der Waals surface area (Å²) in [6.07, 6.45) is 18.7. The number of piperidine rings is 2. The summed E-state index contributed by atoms with van der Waals surface area (Å²) in [5.41, 5.74) is 12.3. The number of methoxy groups -OCH3 is 4. The van der Waals surface area contributed by atoms with Gasteiger partial charge in [-0.05, 0) is 279 Å². The molecule has 2 aliphatic carbocycles. The number of nitrogens with zero attached hydrogens (tertiary/aromatic N) is 12. The first-order valence-electron chi connectivity index (χ1n) is 49.2. The van der Waals surface area contributed by atoms with Crippen molar-refractivity contribution in [2.24, 2.45) is 21.7 Å². The van der Waals surface area contributed by atoms with Gasteiger partial charge in [-0.15, -0.1) is 0 Å². The number of ether oxygens (including phenoxy) is 4. The van der Waals surface area contributed by atoms with E-state index in [-0.39, 0.29) is 11.3 Å². The maximum Gasteiger partial charge on any atom is 0.229 e. The van der Waals surface area contributed by atoms with E-state index in [1.165, 1.54) is 81.8 Å². The highest BCUT2D eigenvalue weighted by atomic mass is 35.5. The Morgan fingerprint density at radius 2 is 0.678 bits per heavy atom.